The summed E-state index contributed by atoms with van der Waals surface area (Å²) in [6.45, 7) is 0.455. The molecule has 17 heavy (non-hydrogen) atoms. The second-order valence-corrected chi connectivity index (χ2v) is 3.42. The maximum atomic E-state index is 10.5. The molecule has 0 heterocycles. The molecule has 0 amide bonds. The Morgan fingerprint density at radius 3 is 2.94 bits per heavy atom. The van der Waals surface area contributed by atoms with Gasteiger partial charge in [-0.15, -0.1) is 0 Å². The summed E-state index contributed by atoms with van der Waals surface area (Å²) < 4.78 is 5.08. The Bertz CT molecular complexity index is 426. The zero-order valence-corrected chi connectivity index (χ0v) is 9.59. The van der Waals surface area contributed by atoms with Crippen molar-refractivity contribution < 1.29 is 14.6 Å². The minimum Gasteiger partial charge on any atom is -0.497 e. The predicted octanol–water partition coefficient (Wildman–Crippen LogP) is 1.50. The van der Waals surface area contributed by atoms with E-state index in [1.807, 2.05) is 12.1 Å². The van der Waals surface area contributed by atoms with E-state index in [2.05, 4.69) is 0 Å². The number of nitriles is 1. The number of rotatable bonds is 6. The average Bonchev–Trinajstić information content (AvgIpc) is 2.34. The minimum absolute atomic E-state index is 0.00110. The van der Waals surface area contributed by atoms with Crippen LogP contribution >= 0.6 is 0 Å². The van der Waals surface area contributed by atoms with Crippen molar-refractivity contribution >= 4 is 11.7 Å². The fourth-order valence-electron chi connectivity index (χ4n) is 1.42. The number of carboxylic acid groups (broad SMARTS) is 1. The van der Waals surface area contributed by atoms with Crippen LogP contribution in [-0.4, -0.2) is 31.3 Å². The first-order valence-corrected chi connectivity index (χ1v) is 5.15. The van der Waals surface area contributed by atoms with Crippen LogP contribution < -0.4 is 9.64 Å². The molecule has 0 saturated heterocycles. The third-order valence-electron chi connectivity index (χ3n) is 2.28. The normalized spacial score (nSPS) is 9.41. The van der Waals surface area contributed by atoms with Crippen LogP contribution in [0, 0.1) is 11.3 Å². The molecular weight excluding hydrogens is 220 g/mol. The van der Waals surface area contributed by atoms with E-state index < -0.39 is 5.97 Å². The van der Waals surface area contributed by atoms with E-state index in [1.165, 1.54) is 0 Å². The largest absolute Gasteiger partial charge is 0.497 e. The molecule has 1 rings (SSSR count). The number of carboxylic acids is 1. The Labute approximate surface area is 99.8 Å². The minimum atomic E-state index is -0.879. The molecule has 0 aliphatic carbocycles. The SMILES string of the molecule is COc1cccc(N(CC#N)CCC(=O)O)c1. The molecule has 0 aromatic heterocycles. The van der Waals surface area contributed by atoms with E-state index in [0.29, 0.717) is 12.3 Å². The summed E-state index contributed by atoms with van der Waals surface area (Å²) in [7, 11) is 1.56. The number of methoxy groups -OCH3 is 1. The monoisotopic (exact) mass is 234 g/mol. The highest BCUT2D eigenvalue weighted by atomic mass is 16.5. The first-order chi connectivity index (χ1) is 8.17. The summed E-state index contributed by atoms with van der Waals surface area (Å²) in [5.74, 6) is -0.198. The van der Waals surface area contributed by atoms with Crippen molar-refractivity contribution in [2.75, 3.05) is 25.1 Å². The number of hydrogen-bond acceptors (Lipinski definition) is 4. The maximum Gasteiger partial charge on any atom is 0.305 e. The second-order valence-electron chi connectivity index (χ2n) is 3.42. The fourth-order valence-corrected chi connectivity index (χ4v) is 1.42. The van der Waals surface area contributed by atoms with Gasteiger partial charge in [-0.3, -0.25) is 4.79 Å². The predicted molar refractivity (Wildman–Crippen MR) is 63.1 cm³/mol. The van der Waals surface area contributed by atoms with Gasteiger partial charge >= 0.3 is 5.97 Å². The molecule has 0 aliphatic rings. The molecule has 1 aromatic carbocycles. The zero-order chi connectivity index (χ0) is 12.7. The highest BCUT2D eigenvalue weighted by Crippen LogP contribution is 2.20. The summed E-state index contributed by atoms with van der Waals surface area (Å²) >= 11 is 0. The van der Waals surface area contributed by atoms with Crippen LogP contribution in [0.1, 0.15) is 6.42 Å². The van der Waals surface area contributed by atoms with Gasteiger partial charge in [0.2, 0.25) is 0 Å². The van der Waals surface area contributed by atoms with E-state index >= 15 is 0 Å². The Hall–Kier alpha value is -2.22. The van der Waals surface area contributed by atoms with Gasteiger partial charge in [0.15, 0.2) is 0 Å². The van der Waals surface area contributed by atoms with Crippen LogP contribution in [0.2, 0.25) is 0 Å². The lowest BCUT2D eigenvalue weighted by atomic mass is 10.2. The number of anilines is 1. The van der Waals surface area contributed by atoms with Crippen molar-refractivity contribution in [1.29, 1.82) is 5.26 Å². The second kappa shape index (κ2) is 6.38. The molecule has 0 unspecified atom stereocenters. The van der Waals surface area contributed by atoms with E-state index in [9.17, 15) is 4.79 Å². The first kappa shape index (κ1) is 12.8. The molecule has 0 aliphatic heterocycles. The van der Waals surface area contributed by atoms with E-state index in [-0.39, 0.29) is 13.0 Å². The number of benzene rings is 1. The van der Waals surface area contributed by atoms with Crippen LogP contribution in [0.25, 0.3) is 0 Å². The van der Waals surface area contributed by atoms with Crippen molar-refractivity contribution in [3.05, 3.63) is 24.3 Å². The van der Waals surface area contributed by atoms with Crippen LogP contribution in [0.15, 0.2) is 24.3 Å². The van der Waals surface area contributed by atoms with E-state index in [1.54, 1.807) is 30.2 Å². The summed E-state index contributed by atoms with van der Waals surface area (Å²) in [5.41, 5.74) is 0.784. The Morgan fingerprint density at radius 1 is 1.59 bits per heavy atom. The van der Waals surface area contributed by atoms with Crippen LogP contribution in [0.3, 0.4) is 0 Å². The lowest BCUT2D eigenvalue weighted by molar-refractivity contribution is -0.136. The molecule has 0 atom stereocenters. The molecule has 5 heteroatoms. The van der Waals surface area contributed by atoms with Gasteiger partial charge in [-0.25, -0.2) is 0 Å². The van der Waals surface area contributed by atoms with Gasteiger partial charge in [-0.2, -0.15) is 5.26 Å². The summed E-state index contributed by atoms with van der Waals surface area (Å²) in [4.78, 5) is 12.2. The van der Waals surface area contributed by atoms with E-state index in [0.717, 1.165) is 5.69 Å². The van der Waals surface area contributed by atoms with Gasteiger partial charge in [0.05, 0.1) is 19.6 Å². The highest BCUT2D eigenvalue weighted by Gasteiger charge is 2.08. The fraction of sp³-hybridized carbons (Fsp3) is 0.333. The quantitative estimate of drug-likeness (QED) is 0.755. The summed E-state index contributed by atoms with van der Waals surface area (Å²) in [6.07, 6.45) is -0.00110. The first-order valence-electron chi connectivity index (χ1n) is 5.15. The van der Waals surface area contributed by atoms with Crippen molar-refractivity contribution in [2.45, 2.75) is 6.42 Å². The third-order valence-corrected chi connectivity index (χ3v) is 2.28. The Balaban J connectivity index is 2.81. The highest BCUT2D eigenvalue weighted by molar-refractivity contribution is 5.67. The molecule has 0 spiro atoms. The summed E-state index contributed by atoms with van der Waals surface area (Å²) in [6, 6.07) is 9.22. The van der Waals surface area contributed by atoms with Crippen LogP contribution in [-0.2, 0) is 4.79 Å². The number of carbonyl (C=O) groups is 1. The van der Waals surface area contributed by atoms with Crippen LogP contribution in [0.5, 0.6) is 5.75 Å². The molecule has 5 nitrogen and oxygen atoms in total. The van der Waals surface area contributed by atoms with Gasteiger partial charge < -0.3 is 14.7 Å². The lowest BCUT2D eigenvalue weighted by Gasteiger charge is -2.21. The third kappa shape index (κ3) is 4.03. The van der Waals surface area contributed by atoms with Gasteiger partial charge in [0.25, 0.3) is 0 Å². The van der Waals surface area contributed by atoms with Crippen molar-refractivity contribution in [3.63, 3.8) is 0 Å². The van der Waals surface area contributed by atoms with Crippen molar-refractivity contribution in [2.24, 2.45) is 0 Å². The van der Waals surface area contributed by atoms with Crippen molar-refractivity contribution in [3.8, 4) is 11.8 Å². The van der Waals surface area contributed by atoms with Gasteiger partial charge in [0.1, 0.15) is 12.3 Å². The topological polar surface area (TPSA) is 73.6 Å². The van der Waals surface area contributed by atoms with E-state index in [4.69, 9.17) is 15.1 Å². The molecule has 0 bridgehead atoms. The molecule has 90 valence electrons. The number of hydrogen-bond donors (Lipinski definition) is 1. The Morgan fingerprint density at radius 2 is 2.35 bits per heavy atom. The maximum absolute atomic E-state index is 10.5. The van der Waals surface area contributed by atoms with Gasteiger partial charge in [-0.05, 0) is 12.1 Å². The number of ether oxygens (including phenoxy) is 1. The number of nitrogens with zero attached hydrogens (tertiary/aromatic N) is 2. The average molecular weight is 234 g/mol. The number of aliphatic carboxylic acids is 1. The Kier molecular flexibility index (Phi) is 4.82. The summed E-state index contributed by atoms with van der Waals surface area (Å²) in [5, 5.41) is 17.4. The van der Waals surface area contributed by atoms with Gasteiger partial charge in [-0.1, -0.05) is 6.07 Å². The molecule has 0 saturated carbocycles. The smallest absolute Gasteiger partial charge is 0.305 e. The molecule has 1 N–H and O–H groups in total. The zero-order valence-electron chi connectivity index (χ0n) is 9.59. The standard InChI is InChI=1S/C12H14N2O3/c1-17-11-4-2-3-10(9-11)14(8-6-13)7-5-12(15)16/h2-4,9H,5,7-8H2,1H3,(H,15,16). The molecule has 1 aromatic rings. The van der Waals surface area contributed by atoms with Crippen LogP contribution in [0.4, 0.5) is 5.69 Å². The molecule has 0 fully saturated rings. The molecular formula is C12H14N2O3. The molecule has 0 radical (unpaired) electrons. The van der Waals surface area contributed by atoms with Gasteiger partial charge in [0, 0.05) is 18.3 Å². The lowest BCUT2D eigenvalue weighted by Crippen LogP contribution is -2.26. The van der Waals surface area contributed by atoms with Crippen molar-refractivity contribution in [1.82, 2.24) is 0 Å².